The van der Waals surface area contributed by atoms with Gasteiger partial charge in [-0.2, -0.15) is 0 Å². The van der Waals surface area contributed by atoms with E-state index in [2.05, 4.69) is 39.9 Å². The minimum atomic E-state index is -0.590. The van der Waals surface area contributed by atoms with Crippen LogP contribution in [0.5, 0.6) is 0 Å². The molecule has 2 saturated carbocycles. The Morgan fingerprint density at radius 1 is 0.914 bits per heavy atom. The van der Waals surface area contributed by atoms with Crippen LogP contribution < -0.4 is 16.8 Å². The Labute approximate surface area is 211 Å². The summed E-state index contributed by atoms with van der Waals surface area (Å²) in [6.07, 6.45) is 8.82. The van der Waals surface area contributed by atoms with Gasteiger partial charge in [-0.25, -0.2) is 0 Å². The SMILES string of the molecule is CCC(C)[C@H]1CC[C@@H](c2c(C(N)=O)cc(NC(=O)[C@H]3CC[C@@H](C(C)(C)C)CC3)cc2C(N)=O)CC1. The molecule has 0 bridgehead atoms. The number of nitrogens with two attached hydrogens (primary N) is 2. The van der Waals surface area contributed by atoms with E-state index in [1.54, 1.807) is 12.1 Å². The van der Waals surface area contributed by atoms with E-state index in [0.29, 0.717) is 40.1 Å². The van der Waals surface area contributed by atoms with E-state index < -0.39 is 11.8 Å². The average molecular weight is 484 g/mol. The molecule has 1 atom stereocenters. The van der Waals surface area contributed by atoms with Crippen molar-refractivity contribution in [2.45, 2.75) is 98.3 Å². The first-order valence-corrected chi connectivity index (χ1v) is 13.5. The summed E-state index contributed by atoms with van der Waals surface area (Å²) in [5, 5.41) is 2.96. The van der Waals surface area contributed by atoms with Gasteiger partial charge in [-0.1, -0.05) is 41.0 Å². The molecule has 0 radical (unpaired) electrons. The lowest BCUT2D eigenvalue weighted by Gasteiger charge is -2.36. The van der Waals surface area contributed by atoms with E-state index in [0.717, 1.165) is 57.8 Å². The highest BCUT2D eigenvalue weighted by molar-refractivity contribution is 6.04. The predicted molar refractivity (Wildman–Crippen MR) is 141 cm³/mol. The van der Waals surface area contributed by atoms with Crippen molar-refractivity contribution in [1.29, 1.82) is 0 Å². The third-order valence-corrected chi connectivity index (χ3v) is 8.93. The first-order chi connectivity index (χ1) is 16.4. The van der Waals surface area contributed by atoms with Crippen LogP contribution in [0.4, 0.5) is 5.69 Å². The molecular formula is C29H45N3O3. The minimum Gasteiger partial charge on any atom is -0.366 e. The molecule has 0 spiro atoms. The van der Waals surface area contributed by atoms with Crippen LogP contribution in [0, 0.1) is 29.1 Å². The van der Waals surface area contributed by atoms with E-state index in [-0.39, 0.29) is 23.2 Å². The summed E-state index contributed by atoms with van der Waals surface area (Å²) < 4.78 is 0. The summed E-state index contributed by atoms with van der Waals surface area (Å²) in [4.78, 5) is 38.0. The van der Waals surface area contributed by atoms with Crippen LogP contribution in [-0.4, -0.2) is 17.7 Å². The van der Waals surface area contributed by atoms with Crippen LogP contribution in [-0.2, 0) is 4.79 Å². The number of nitrogens with one attached hydrogen (secondary N) is 1. The zero-order valence-corrected chi connectivity index (χ0v) is 22.3. The van der Waals surface area contributed by atoms with E-state index in [9.17, 15) is 14.4 Å². The van der Waals surface area contributed by atoms with E-state index in [4.69, 9.17) is 11.5 Å². The van der Waals surface area contributed by atoms with Gasteiger partial charge in [-0.15, -0.1) is 0 Å². The van der Waals surface area contributed by atoms with Gasteiger partial charge < -0.3 is 16.8 Å². The number of rotatable bonds is 7. The Morgan fingerprint density at radius 3 is 1.86 bits per heavy atom. The van der Waals surface area contributed by atoms with Gasteiger partial charge in [-0.05, 0) is 98.1 Å². The van der Waals surface area contributed by atoms with Crippen molar-refractivity contribution in [3.05, 3.63) is 28.8 Å². The Hall–Kier alpha value is -2.37. The Balaban J connectivity index is 1.80. The highest BCUT2D eigenvalue weighted by Crippen LogP contribution is 2.43. The lowest BCUT2D eigenvalue weighted by molar-refractivity contribution is -0.121. The second kappa shape index (κ2) is 11.1. The molecule has 3 rings (SSSR count). The van der Waals surface area contributed by atoms with Gasteiger partial charge in [0, 0.05) is 22.7 Å². The Kier molecular flexibility index (Phi) is 8.66. The zero-order chi connectivity index (χ0) is 25.9. The molecule has 2 fully saturated rings. The topological polar surface area (TPSA) is 115 Å². The molecule has 194 valence electrons. The summed E-state index contributed by atoms with van der Waals surface area (Å²) in [7, 11) is 0. The number of benzene rings is 1. The second-order valence-electron chi connectivity index (χ2n) is 12.1. The summed E-state index contributed by atoms with van der Waals surface area (Å²) in [5.41, 5.74) is 13.5. The van der Waals surface area contributed by atoms with Gasteiger partial charge in [0.25, 0.3) is 0 Å². The van der Waals surface area contributed by atoms with Crippen LogP contribution >= 0.6 is 0 Å². The molecular weight excluding hydrogens is 438 g/mol. The maximum absolute atomic E-state index is 13.1. The first kappa shape index (κ1) is 27.2. The highest BCUT2D eigenvalue weighted by Gasteiger charge is 2.34. The minimum absolute atomic E-state index is 0.0648. The monoisotopic (exact) mass is 483 g/mol. The summed E-state index contributed by atoms with van der Waals surface area (Å²) >= 11 is 0. The fourth-order valence-corrected chi connectivity index (χ4v) is 6.35. The summed E-state index contributed by atoms with van der Waals surface area (Å²) in [6, 6.07) is 3.28. The molecule has 35 heavy (non-hydrogen) atoms. The molecule has 0 aromatic heterocycles. The molecule has 3 amide bonds. The smallest absolute Gasteiger partial charge is 0.249 e. The number of hydrogen-bond donors (Lipinski definition) is 3. The molecule has 2 aliphatic rings. The van der Waals surface area contributed by atoms with E-state index >= 15 is 0 Å². The normalized spacial score (nSPS) is 26.1. The van der Waals surface area contributed by atoms with Crippen LogP contribution in [0.15, 0.2) is 12.1 Å². The molecule has 2 aliphatic carbocycles. The molecule has 0 aliphatic heterocycles. The second-order valence-corrected chi connectivity index (χ2v) is 12.1. The summed E-state index contributed by atoms with van der Waals surface area (Å²) in [5.74, 6) is 0.696. The van der Waals surface area contributed by atoms with Crippen LogP contribution in [0.3, 0.4) is 0 Å². The first-order valence-electron chi connectivity index (χ1n) is 13.5. The van der Waals surface area contributed by atoms with Gasteiger partial charge in [0.2, 0.25) is 17.7 Å². The van der Waals surface area contributed by atoms with Crippen LogP contribution in [0.1, 0.15) is 125 Å². The molecule has 6 nitrogen and oxygen atoms in total. The van der Waals surface area contributed by atoms with Gasteiger partial charge in [0.15, 0.2) is 0 Å². The number of carbonyl (C=O) groups excluding carboxylic acids is 3. The average Bonchev–Trinajstić information content (AvgIpc) is 2.82. The lowest BCUT2D eigenvalue weighted by Crippen LogP contribution is -2.32. The molecule has 1 aromatic rings. The zero-order valence-electron chi connectivity index (χ0n) is 22.3. The standard InChI is InChI=1S/C29H45N3O3/c1-6-17(2)18-7-9-19(10-8-18)25-23(26(30)33)15-22(16-24(25)27(31)34)32-28(35)20-11-13-21(14-12-20)29(3,4)5/h15-21H,6-14H2,1-5H3,(H2,30,33)(H2,31,34)(H,32,35)/t17?,18-,19+,20-,21+. The molecule has 0 heterocycles. The van der Waals surface area contributed by atoms with Crippen LogP contribution in [0.25, 0.3) is 0 Å². The number of primary amides is 2. The van der Waals surface area contributed by atoms with Crippen molar-refractivity contribution in [1.82, 2.24) is 0 Å². The third-order valence-electron chi connectivity index (χ3n) is 8.93. The van der Waals surface area contributed by atoms with Crippen molar-refractivity contribution in [3.63, 3.8) is 0 Å². The predicted octanol–water partition coefficient (Wildman–Crippen LogP) is 6.00. The maximum atomic E-state index is 13.1. The fourth-order valence-electron chi connectivity index (χ4n) is 6.35. The van der Waals surface area contributed by atoms with Crippen molar-refractivity contribution in [3.8, 4) is 0 Å². The van der Waals surface area contributed by atoms with Crippen molar-refractivity contribution in [2.75, 3.05) is 5.32 Å². The molecule has 1 aromatic carbocycles. The largest absolute Gasteiger partial charge is 0.366 e. The van der Waals surface area contributed by atoms with Crippen molar-refractivity contribution >= 4 is 23.4 Å². The van der Waals surface area contributed by atoms with Crippen molar-refractivity contribution in [2.24, 2.45) is 40.6 Å². The summed E-state index contributed by atoms with van der Waals surface area (Å²) in [6.45, 7) is 11.3. The lowest BCUT2D eigenvalue weighted by atomic mass is 9.69. The third kappa shape index (κ3) is 6.45. The van der Waals surface area contributed by atoms with Gasteiger partial charge >= 0.3 is 0 Å². The van der Waals surface area contributed by atoms with Crippen molar-refractivity contribution < 1.29 is 14.4 Å². The fraction of sp³-hybridized carbons (Fsp3) is 0.690. The molecule has 6 heteroatoms. The Morgan fingerprint density at radius 2 is 1.43 bits per heavy atom. The van der Waals surface area contributed by atoms with Gasteiger partial charge in [0.1, 0.15) is 0 Å². The highest BCUT2D eigenvalue weighted by atomic mass is 16.2. The Bertz CT molecular complexity index is 898. The van der Waals surface area contributed by atoms with E-state index in [1.807, 2.05) is 0 Å². The quantitative estimate of drug-likeness (QED) is 0.442. The molecule has 0 saturated heterocycles. The number of amides is 3. The van der Waals surface area contributed by atoms with E-state index in [1.165, 1.54) is 0 Å². The maximum Gasteiger partial charge on any atom is 0.249 e. The molecule has 5 N–H and O–H groups in total. The number of hydrogen-bond acceptors (Lipinski definition) is 3. The number of carbonyl (C=O) groups is 3. The number of anilines is 1. The van der Waals surface area contributed by atoms with Gasteiger partial charge in [0.05, 0.1) is 0 Å². The molecule has 1 unspecified atom stereocenters. The van der Waals surface area contributed by atoms with Crippen LogP contribution in [0.2, 0.25) is 0 Å². The van der Waals surface area contributed by atoms with Gasteiger partial charge in [-0.3, -0.25) is 14.4 Å².